The summed E-state index contributed by atoms with van der Waals surface area (Å²) in [4.78, 5) is 17.5. The Labute approximate surface area is 165 Å². The number of nitrogens with one attached hydrogen (secondary N) is 2. The molecule has 0 atom stereocenters. The number of rotatable bonds is 5. The predicted octanol–water partition coefficient (Wildman–Crippen LogP) is 1.88. The topological polar surface area (TPSA) is 164 Å². The second kappa shape index (κ2) is 7.43. The van der Waals surface area contributed by atoms with Crippen LogP contribution in [0.25, 0.3) is 10.2 Å². The number of nitrogen functional groups attached to an aromatic ring is 2. The minimum Gasteiger partial charge on any atom is -0.397 e. The van der Waals surface area contributed by atoms with E-state index in [1.165, 1.54) is 30.3 Å². The molecule has 0 saturated carbocycles. The normalized spacial score (nSPS) is 11.3. The third kappa shape index (κ3) is 3.61. The van der Waals surface area contributed by atoms with Gasteiger partial charge in [-0.2, -0.15) is 5.26 Å². The fourth-order valence-corrected chi connectivity index (χ4v) is 4.51. The van der Waals surface area contributed by atoms with Crippen LogP contribution in [0.3, 0.4) is 0 Å². The summed E-state index contributed by atoms with van der Waals surface area (Å²) in [7, 11) is -3.57. The van der Waals surface area contributed by atoms with E-state index in [1.54, 1.807) is 6.92 Å². The number of thiophene rings is 1. The zero-order valence-corrected chi connectivity index (χ0v) is 16.3. The number of carbonyl (C=O) groups excluding carboxylic acids is 1. The smallest absolute Gasteiger partial charge is 0.267 e. The highest BCUT2D eigenvalue weighted by Crippen LogP contribution is 2.34. The van der Waals surface area contributed by atoms with Gasteiger partial charge in [0.25, 0.3) is 5.91 Å². The quantitative estimate of drug-likeness (QED) is 0.493. The molecule has 6 N–H and O–H groups in total. The van der Waals surface area contributed by atoms with E-state index in [0.717, 1.165) is 11.3 Å². The maximum Gasteiger partial charge on any atom is 0.267 e. The molecular weight excluding hydrogens is 400 g/mol. The fourth-order valence-electron chi connectivity index (χ4n) is 2.49. The lowest BCUT2D eigenvalue weighted by molar-refractivity contribution is 0.103. The molecule has 0 aliphatic carbocycles. The third-order valence-corrected chi connectivity index (χ3v) is 6.51. The van der Waals surface area contributed by atoms with Gasteiger partial charge in [-0.15, -0.1) is 11.3 Å². The van der Waals surface area contributed by atoms with E-state index < -0.39 is 15.9 Å². The van der Waals surface area contributed by atoms with Crippen molar-refractivity contribution in [3.05, 3.63) is 40.8 Å². The van der Waals surface area contributed by atoms with Gasteiger partial charge in [0.05, 0.1) is 16.1 Å². The Balaban J connectivity index is 1.87. The summed E-state index contributed by atoms with van der Waals surface area (Å²) in [6.07, 6.45) is 0. The van der Waals surface area contributed by atoms with Crippen LogP contribution in [0.1, 0.15) is 22.2 Å². The van der Waals surface area contributed by atoms with E-state index in [-0.39, 0.29) is 33.4 Å². The first-order valence-corrected chi connectivity index (χ1v) is 10.4. The van der Waals surface area contributed by atoms with E-state index in [0.29, 0.717) is 15.9 Å². The molecule has 0 radical (unpaired) electrons. The second-order valence-electron chi connectivity index (χ2n) is 5.71. The van der Waals surface area contributed by atoms with Crippen molar-refractivity contribution < 1.29 is 13.2 Å². The van der Waals surface area contributed by atoms with Crippen molar-refractivity contribution in [2.75, 3.05) is 23.3 Å². The number of amides is 1. The molecule has 28 heavy (non-hydrogen) atoms. The summed E-state index contributed by atoms with van der Waals surface area (Å²) in [6.45, 7) is 1.96. The number of aromatic nitrogens is 1. The average Bonchev–Trinajstić information content (AvgIpc) is 2.97. The van der Waals surface area contributed by atoms with Crippen LogP contribution >= 0.6 is 11.3 Å². The maximum absolute atomic E-state index is 12.6. The van der Waals surface area contributed by atoms with Crippen LogP contribution in [0.5, 0.6) is 0 Å². The molecule has 0 spiro atoms. The third-order valence-electron chi connectivity index (χ3n) is 3.83. The SMILES string of the molecule is CCNS(=O)(=O)c1ccc(NC(=O)c2sc3nc(N)c(C#N)cc3c2N)cc1. The van der Waals surface area contributed by atoms with Gasteiger partial charge in [0.1, 0.15) is 21.6 Å². The molecule has 1 amide bonds. The zero-order chi connectivity index (χ0) is 20.5. The number of anilines is 3. The van der Waals surface area contributed by atoms with Gasteiger partial charge in [-0.3, -0.25) is 4.79 Å². The van der Waals surface area contributed by atoms with Crippen molar-refractivity contribution >= 4 is 54.7 Å². The number of nitrogens with two attached hydrogens (primary N) is 2. The van der Waals surface area contributed by atoms with Crippen molar-refractivity contribution in [2.45, 2.75) is 11.8 Å². The maximum atomic E-state index is 12.6. The van der Waals surface area contributed by atoms with Crippen molar-refractivity contribution in [2.24, 2.45) is 0 Å². The predicted molar refractivity (Wildman–Crippen MR) is 108 cm³/mol. The summed E-state index contributed by atoms with van der Waals surface area (Å²) >= 11 is 1.06. The molecule has 3 rings (SSSR count). The number of nitrogens with zero attached hydrogens (tertiary/aromatic N) is 2. The Hall–Kier alpha value is -3.20. The highest BCUT2D eigenvalue weighted by molar-refractivity contribution is 7.89. The lowest BCUT2D eigenvalue weighted by Crippen LogP contribution is -2.23. The van der Waals surface area contributed by atoms with Crippen LogP contribution in [0.15, 0.2) is 35.2 Å². The van der Waals surface area contributed by atoms with Crippen molar-refractivity contribution in [1.29, 1.82) is 5.26 Å². The standard InChI is InChI=1S/C17H16N6O3S2/c1-2-21-28(25,26)11-5-3-10(4-6-11)22-16(24)14-13(19)12-7-9(8-18)15(20)23-17(12)27-14/h3-7,21H,2,19H2,1H3,(H2,20,23)(H,22,24). The molecule has 0 aliphatic rings. The minimum atomic E-state index is -3.57. The van der Waals surface area contributed by atoms with E-state index in [2.05, 4.69) is 15.0 Å². The van der Waals surface area contributed by atoms with Crippen LogP contribution in [0.4, 0.5) is 17.2 Å². The molecule has 0 bridgehead atoms. The molecule has 0 aliphatic heterocycles. The Morgan fingerprint density at radius 2 is 1.96 bits per heavy atom. The van der Waals surface area contributed by atoms with Crippen LogP contribution in [0, 0.1) is 11.3 Å². The van der Waals surface area contributed by atoms with Gasteiger partial charge < -0.3 is 16.8 Å². The largest absolute Gasteiger partial charge is 0.397 e. The van der Waals surface area contributed by atoms with Gasteiger partial charge in [0, 0.05) is 17.6 Å². The molecule has 1 aromatic carbocycles. The molecule has 2 heterocycles. The Morgan fingerprint density at radius 3 is 2.57 bits per heavy atom. The lowest BCUT2D eigenvalue weighted by Gasteiger charge is -2.07. The molecule has 144 valence electrons. The highest BCUT2D eigenvalue weighted by Gasteiger charge is 2.19. The fraction of sp³-hybridized carbons (Fsp3) is 0.118. The summed E-state index contributed by atoms with van der Waals surface area (Å²) in [5.41, 5.74) is 12.5. The van der Waals surface area contributed by atoms with Gasteiger partial charge >= 0.3 is 0 Å². The first-order chi connectivity index (χ1) is 13.3. The van der Waals surface area contributed by atoms with Gasteiger partial charge in [-0.25, -0.2) is 18.1 Å². The molecular formula is C17H16N6O3S2. The number of hydrogen-bond acceptors (Lipinski definition) is 8. The summed E-state index contributed by atoms with van der Waals surface area (Å²) in [5, 5.41) is 12.2. The van der Waals surface area contributed by atoms with Crippen LogP contribution < -0.4 is 21.5 Å². The first-order valence-electron chi connectivity index (χ1n) is 8.06. The van der Waals surface area contributed by atoms with Crippen molar-refractivity contribution in [3.63, 3.8) is 0 Å². The molecule has 0 saturated heterocycles. The molecule has 9 nitrogen and oxygen atoms in total. The Kier molecular flexibility index (Phi) is 5.19. The van der Waals surface area contributed by atoms with Crippen LogP contribution in [-0.2, 0) is 10.0 Å². The van der Waals surface area contributed by atoms with Crippen LogP contribution in [-0.4, -0.2) is 25.9 Å². The van der Waals surface area contributed by atoms with Crippen molar-refractivity contribution in [3.8, 4) is 6.07 Å². The summed E-state index contributed by atoms with van der Waals surface area (Å²) < 4.78 is 26.3. The van der Waals surface area contributed by atoms with E-state index >= 15 is 0 Å². The number of pyridine rings is 1. The first kappa shape index (κ1) is 19.6. The second-order valence-corrected chi connectivity index (χ2v) is 8.48. The number of sulfonamides is 1. The average molecular weight is 416 g/mol. The zero-order valence-electron chi connectivity index (χ0n) is 14.7. The van der Waals surface area contributed by atoms with Gasteiger partial charge in [0.15, 0.2) is 0 Å². The van der Waals surface area contributed by atoms with Crippen molar-refractivity contribution in [1.82, 2.24) is 9.71 Å². The molecule has 3 aromatic rings. The number of nitriles is 1. The van der Waals surface area contributed by atoms with E-state index in [9.17, 15) is 13.2 Å². The molecule has 0 fully saturated rings. The molecule has 2 aromatic heterocycles. The minimum absolute atomic E-state index is 0.0701. The number of carbonyl (C=O) groups is 1. The van der Waals surface area contributed by atoms with E-state index in [4.69, 9.17) is 16.7 Å². The lowest BCUT2D eigenvalue weighted by atomic mass is 10.2. The number of fused-ring (bicyclic) bond motifs is 1. The summed E-state index contributed by atoms with van der Waals surface area (Å²) in [6, 6.07) is 9.17. The van der Waals surface area contributed by atoms with Crippen LogP contribution in [0.2, 0.25) is 0 Å². The number of hydrogen-bond donors (Lipinski definition) is 4. The van der Waals surface area contributed by atoms with Gasteiger partial charge in [0.2, 0.25) is 10.0 Å². The Morgan fingerprint density at radius 1 is 1.29 bits per heavy atom. The summed E-state index contributed by atoms with van der Waals surface area (Å²) in [5.74, 6) is -0.402. The molecule has 0 unspecified atom stereocenters. The van der Waals surface area contributed by atoms with Gasteiger partial charge in [-0.05, 0) is 30.3 Å². The molecule has 11 heteroatoms. The number of benzene rings is 1. The van der Waals surface area contributed by atoms with Gasteiger partial charge in [-0.1, -0.05) is 6.92 Å². The highest BCUT2D eigenvalue weighted by atomic mass is 32.2. The monoisotopic (exact) mass is 416 g/mol. The van der Waals surface area contributed by atoms with E-state index in [1.807, 2.05) is 6.07 Å². The Bertz CT molecular complexity index is 1210.